The lowest BCUT2D eigenvalue weighted by Crippen LogP contribution is -2.32. The van der Waals surface area contributed by atoms with E-state index in [2.05, 4.69) is 0 Å². The Bertz CT molecular complexity index is 839. The van der Waals surface area contributed by atoms with E-state index in [0.29, 0.717) is 10.8 Å². The number of carbonyl (C=O) groups is 1. The van der Waals surface area contributed by atoms with Gasteiger partial charge in [0, 0.05) is 5.56 Å². The number of aromatic nitrogens is 2. The molecule has 0 unspecified atom stereocenters. The number of carbonyl (C=O) groups excluding carboxylic acids is 1. The highest BCUT2D eigenvalue weighted by atomic mass is 19.1. The molecule has 0 fully saturated rings. The maximum absolute atomic E-state index is 13.0. The average molecular weight is 293 g/mol. The van der Waals surface area contributed by atoms with Crippen LogP contribution in [-0.2, 0) is 6.54 Å². The monoisotopic (exact) mass is 293 g/mol. The van der Waals surface area contributed by atoms with Gasteiger partial charge in [-0.2, -0.15) is 0 Å². The summed E-state index contributed by atoms with van der Waals surface area (Å²) in [5.74, 6) is -1.25. The van der Waals surface area contributed by atoms with Crippen molar-refractivity contribution in [2.24, 2.45) is 0 Å². The predicted octanol–water partition coefficient (Wildman–Crippen LogP) is 0.467. The van der Waals surface area contributed by atoms with Crippen molar-refractivity contribution in [2.75, 3.05) is 0 Å². The van der Waals surface area contributed by atoms with Gasteiger partial charge in [0.15, 0.2) is 5.78 Å². The lowest BCUT2D eigenvalue weighted by molar-refractivity contribution is -0.386. The molecule has 21 heavy (non-hydrogen) atoms. The van der Waals surface area contributed by atoms with Crippen LogP contribution in [0.25, 0.3) is 0 Å². The second-order valence-corrected chi connectivity index (χ2v) is 4.09. The number of halogens is 1. The minimum atomic E-state index is -1.15. The van der Waals surface area contributed by atoms with E-state index in [1.54, 1.807) is 4.98 Å². The third-order valence-corrected chi connectivity index (χ3v) is 2.65. The molecule has 1 heterocycles. The SMILES string of the molecule is O=C(Cn1cc([N+](=O)[O-])c(=O)[nH]c1=O)c1cccc(F)c1. The van der Waals surface area contributed by atoms with Crippen LogP contribution in [0.5, 0.6) is 0 Å². The van der Waals surface area contributed by atoms with E-state index in [1.807, 2.05) is 0 Å². The summed E-state index contributed by atoms with van der Waals surface area (Å²) < 4.78 is 13.7. The van der Waals surface area contributed by atoms with Gasteiger partial charge in [0.05, 0.1) is 17.7 Å². The van der Waals surface area contributed by atoms with Gasteiger partial charge in [-0.3, -0.25) is 29.3 Å². The highest BCUT2D eigenvalue weighted by molar-refractivity contribution is 5.95. The van der Waals surface area contributed by atoms with Crippen LogP contribution in [0.3, 0.4) is 0 Å². The van der Waals surface area contributed by atoms with E-state index >= 15 is 0 Å². The molecule has 1 aromatic heterocycles. The number of hydrogen-bond acceptors (Lipinski definition) is 5. The summed E-state index contributed by atoms with van der Waals surface area (Å²) in [6, 6.07) is 4.79. The first-order valence-corrected chi connectivity index (χ1v) is 5.65. The Morgan fingerprint density at radius 3 is 2.71 bits per heavy atom. The second-order valence-electron chi connectivity index (χ2n) is 4.09. The van der Waals surface area contributed by atoms with Crippen LogP contribution >= 0.6 is 0 Å². The number of nitrogens with one attached hydrogen (secondary N) is 1. The summed E-state index contributed by atoms with van der Waals surface area (Å²) in [7, 11) is 0. The van der Waals surface area contributed by atoms with Crippen molar-refractivity contribution in [1.82, 2.24) is 9.55 Å². The molecule has 0 spiro atoms. The molecule has 108 valence electrons. The number of Topliss-reactive ketones (excluding diaryl/α,β-unsaturated/α-hetero) is 1. The van der Waals surface area contributed by atoms with Gasteiger partial charge in [-0.1, -0.05) is 12.1 Å². The smallest absolute Gasteiger partial charge is 0.292 e. The molecular weight excluding hydrogens is 285 g/mol. The molecule has 0 atom stereocenters. The standard InChI is InChI=1S/C12H8FN3O5/c13-8-3-1-2-7(4-8)10(17)6-15-5-9(16(20)21)11(18)14-12(15)19/h1-5H,6H2,(H,14,18,19). The van der Waals surface area contributed by atoms with Crippen LogP contribution in [0.1, 0.15) is 10.4 Å². The number of ketones is 1. The van der Waals surface area contributed by atoms with Crippen molar-refractivity contribution in [3.8, 4) is 0 Å². The third-order valence-electron chi connectivity index (χ3n) is 2.65. The fourth-order valence-corrected chi connectivity index (χ4v) is 1.65. The molecule has 8 nitrogen and oxygen atoms in total. The zero-order chi connectivity index (χ0) is 15.6. The molecule has 1 N–H and O–H groups in total. The summed E-state index contributed by atoms with van der Waals surface area (Å²) in [6.45, 7) is -0.556. The molecule has 0 aliphatic heterocycles. The third kappa shape index (κ3) is 3.08. The Morgan fingerprint density at radius 2 is 2.10 bits per heavy atom. The molecule has 0 saturated heterocycles. The fraction of sp³-hybridized carbons (Fsp3) is 0.0833. The van der Waals surface area contributed by atoms with Crippen molar-refractivity contribution in [2.45, 2.75) is 6.54 Å². The molecular formula is C12H8FN3O5. The Morgan fingerprint density at radius 1 is 1.38 bits per heavy atom. The minimum absolute atomic E-state index is 0.00996. The van der Waals surface area contributed by atoms with Crippen LogP contribution in [0.2, 0.25) is 0 Å². The van der Waals surface area contributed by atoms with Gasteiger partial charge in [0.1, 0.15) is 5.82 Å². The van der Waals surface area contributed by atoms with Crippen molar-refractivity contribution >= 4 is 11.5 Å². The van der Waals surface area contributed by atoms with Crippen LogP contribution < -0.4 is 11.2 Å². The van der Waals surface area contributed by atoms with Crippen molar-refractivity contribution in [1.29, 1.82) is 0 Å². The molecule has 0 saturated carbocycles. The molecule has 2 rings (SSSR count). The summed E-state index contributed by atoms with van der Waals surface area (Å²) in [5, 5.41) is 10.6. The van der Waals surface area contributed by atoms with Crippen LogP contribution in [0.15, 0.2) is 40.1 Å². The van der Waals surface area contributed by atoms with Crippen molar-refractivity contribution in [3.63, 3.8) is 0 Å². The number of benzene rings is 1. The van der Waals surface area contributed by atoms with Crippen molar-refractivity contribution in [3.05, 3.63) is 72.8 Å². The topological polar surface area (TPSA) is 115 Å². The van der Waals surface area contributed by atoms with Gasteiger partial charge in [-0.25, -0.2) is 9.18 Å². The summed E-state index contributed by atoms with van der Waals surface area (Å²) in [5.41, 5.74) is -2.97. The van der Waals surface area contributed by atoms with E-state index in [1.165, 1.54) is 12.1 Å². The Kier molecular flexibility index (Phi) is 3.74. The van der Waals surface area contributed by atoms with E-state index in [0.717, 1.165) is 12.1 Å². The number of rotatable bonds is 4. The van der Waals surface area contributed by atoms with Gasteiger partial charge in [-0.05, 0) is 12.1 Å². The lowest BCUT2D eigenvalue weighted by atomic mass is 10.1. The number of H-pyrrole nitrogens is 1. The average Bonchev–Trinajstić information content (AvgIpc) is 2.41. The Balaban J connectivity index is 2.38. The molecule has 1 aromatic carbocycles. The fourth-order valence-electron chi connectivity index (χ4n) is 1.65. The molecule has 9 heteroatoms. The summed E-state index contributed by atoms with van der Waals surface area (Å²) >= 11 is 0. The van der Waals surface area contributed by atoms with Gasteiger partial charge < -0.3 is 0 Å². The largest absolute Gasteiger partial charge is 0.350 e. The highest BCUT2D eigenvalue weighted by Crippen LogP contribution is 2.06. The van der Waals surface area contributed by atoms with E-state index in [4.69, 9.17) is 0 Å². The predicted molar refractivity (Wildman–Crippen MR) is 68.7 cm³/mol. The number of nitro groups is 1. The van der Waals surface area contributed by atoms with E-state index < -0.39 is 40.0 Å². The Hall–Kier alpha value is -3.10. The highest BCUT2D eigenvalue weighted by Gasteiger charge is 2.17. The first-order valence-electron chi connectivity index (χ1n) is 5.65. The molecule has 0 aliphatic rings. The van der Waals surface area contributed by atoms with Crippen LogP contribution in [0, 0.1) is 15.9 Å². The van der Waals surface area contributed by atoms with Gasteiger partial charge in [0.2, 0.25) is 0 Å². The zero-order valence-corrected chi connectivity index (χ0v) is 10.4. The first kappa shape index (κ1) is 14.3. The quantitative estimate of drug-likeness (QED) is 0.499. The summed E-state index contributed by atoms with van der Waals surface area (Å²) in [4.78, 5) is 46.0. The Labute approximate surface area is 115 Å². The van der Waals surface area contributed by atoms with Gasteiger partial charge in [-0.15, -0.1) is 0 Å². The molecule has 0 bridgehead atoms. The molecule has 0 amide bonds. The number of hydrogen-bond donors (Lipinski definition) is 1. The minimum Gasteiger partial charge on any atom is -0.292 e. The van der Waals surface area contributed by atoms with Crippen LogP contribution in [-0.4, -0.2) is 20.3 Å². The zero-order valence-electron chi connectivity index (χ0n) is 10.4. The molecule has 0 radical (unpaired) electrons. The molecule has 2 aromatic rings. The maximum atomic E-state index is 13.0. The van der Waals surface area contributed by atoms with Gasteiger partial charge in [0.25, 0.3) is 0 Å². The number of nitrogens with zero attached hydrogens (tertiary/aromatic N) is 2. The molecule has 0 aliphatic carbocycles. The second kappa shape index (κ2) is 5.49. The summed E-state index contributed by atoms with van der Waals surface area (Å²) in [6.07, 6.45) is 0.679. The normalized spacial score (nSPS) is 10.3. The first-order chi connectivity index (χ1) is 9.88. The lowest BCUT2D eigenvalue weighted by Gasteiger charge is -2.04. The van der Waals surface area contributed by atoms with E-state index in [-0.39, 0.29) is 5.56 Å². The number of aromatic amines is 1. The van der Waals surface area contributed by atoms with Gasteiger partial charge >= 0.3 is 16.9 Å². The van der Waals surface area contributed by atoms with Crippen molar-refractivity contribution < 1.29 is 14.1 Å². The van der Waals surface area contributed by atoms with E-state index in [9.17, 15) is 28.9 Å². The maximum Gasteiger partial charge on any atom is 0.350 e. The van der Waals surface area contributed by atoms with Crippen LogP contribution in [0.4, 0.5) is 10.1 Å².